The molecule has 2 heterocycles. The van der Waals surface area contributed by atoms with E-state index in [4.69, 9.17) is 16.4 Å². The Morgan fingerprint density at radius 3 is 2.30 bits per heavy atom. The first kappa shape index (κ1) is 21.0. The minimum absolute atomic E-state index is 0.191. The molecular weight excluding hydrogens is 453 g/mol. The van der Waals surface area contributed by atoms with Crippen LogP contribution in [0.15, 0.2) is 72.8 Å². The Balaban J connectivity index is 1.63. The van der Waals surface area contributed by atoms with Gasteiger partial charge in [0.2, 0.25) is 5.91 Å². The Morgan fingerprint density at radius 1 is 0.939 bits per heavy atom. The van der Waals surface area contributed by atoms with Gasteiger partial charge >= 0.3 is 0 Å². The van der Waals surface area contributed by atoms with E-state index in [1.165, 1.54) is 35.4 Å². The van der Waals surface area contributed by atoms with Crippen molar-refractivity contribution in [2.45, 2.75) is 12.1 Å². The summed E-state index contributed by atoms with van der Waals surface area (Å²) in [4.78, 5) is 44.5. The van der Waals surface area contributed by atoms with Crippen molar-refractivity contribution in [1.29, 1.82) is 0 Å². The number of imide groups is 1. The number of non-ortho nitro benzene ring substituents is 1. The molecule has 8 nitrogen and oxygen atoms in total. The minimum Gasteiger partial charge on any atom is -0.273 e. The highest BCUT2D eigenvalue weighted by Crippen LogP contribution is 2.49. The number of anilines is 2. The maximum Gasteiger partial charge on any atom is 0.269 e. The molecule has 166 valence electrons. The first-order valence-corrected chi connectivity index (χ1v) is 10.3. The van der Waals surface area contributed by atoms with Gasteiger partial charge in [0.25, 0.3) is 11.6 Å². The average Bonchev–Trinajstić information content (AvgIpc) is 3.31. The fraction of sp³-hybridized carbons (Fsp3) is 0.130. The SMILES string of the molecule is O=C1[C@@H]2[C@@H](c3cc([N+](=O)[O-])ccc3Cl)N(c3ccccc3)O[C@H]2C(=O)N1c1ccc(F)cc1. The van der Waals surface area contributed by atoms with Crippen molar-refractivity contribution < 1.29 is 23.7 Å². The summed E-state index contributed by atoms with van der Waals surface area (Å²) in [5.41, 5.74) is 0.829. The Morgan fingerprint density at radius 2 is 1.64 bits per heavy atom. The number of carbonyl (C=O) groups excluding carboxylic acids is 2. The van der Waals surface area contributed by atoms with Gasteiger partial charge in [0.05, 0.1) is 22.3 Å². The van der Waals surface area contributed by atoms with Crippen LogP contribution in [0.4, 0.5) is 21.5 Å². The molecule has 2 aliphatic heterocycles. The molecule has 0 bridgehead atoms. The van der Waals surface area contributed by atoms with E-state index in [0.717, 1.165) is 17.0 Å². The number of para-hydroxylation sites is 1. The standard InChI is InChI=1S/C23H15ClFN3O5/c24-18-11-10-16(28(31)32)12-17(18)20-19-21(33-27(20)15-4-2-1-3-5-15)23(30)26(22(19)29)14-8-6-13(25)7-9-14/h1-12,19-21H/t19-,20-,21-/m1/s1. The third-order valence-corrected chi connectivity index (χ3v) is 6.06. The molecule has 0 unspecified atom stereocenters. The molecule has 0 aromatic heterocycles. The van der Waals surface area contributed by atoms with Gasteiger partial charge in [0, 0.05) is 22.7 Å². The quantitative estimate of drug-likeness (QED) is 0.320. The van der Waals surface area contributed by atoms with Crippen LogP contribution < -0.4 is 9.96 Å². The van der Waals surface area contributed by atoms with Gasteiger partial charge in [-0.25, -0.2) is 14.4 Å². The molecule has 10 heteroatoms. The van der Waals surface area contributed by atoms with Crippen LogP contribution in [0.25, 0.3) is 0 Å². The van der Waals surface area contributed by atoms with Gasteiger partial charge in [0.1, 0.15) is 11.7 Å². The number of hydrogen-bond acceptors (Lipinski definition) is 6. The maximum absolute atomic E-state index is 13.5. The molecule has 2 saturated heterocycles. The summed E-state index contributed by atoms with van der Waals surface area (Å²) in [5, 5.41) is 13.0. The zero-order valence-corrected chi connectivity index (χ0v) is 17.6. The van der Waals surface area contributed by atoms with E-state index in [1.54, 1.807) is 30.3 Å². The molecule has 0 spiro atoms. The van der Waals surface area contributed by atoms with Crippen LogP contribution in [0.2, 0.25) is 5.02 Å². The minimum atomic E-state index is -1.18. The van der Waals surface area contributed by atoms with Crippen molar-refractivity contribution in [3.05, 3.63) is 99.3 Å². The van der Waals surface area contributed by atoms with Crippen LogP contribution >= 0.6 is 11.6 Å². The lowest BCUT2D eigenvalue weighted by Gasteiger charge is -2.29. The predicted octanol–water partition coefficient (Wildman–Crippen LogP) is 4.44. The van der Waals surface area contributed by atoms with Crippen LogP contribution in [-0.2, 0) is 14.4 Å². The van der Waals surface area contributed by atoms with E-state index >= 15 is 0 Å². The van der Waals surface area contributed by atoms with Gasteiger partial charge in [-0.15, -0.1) is 0 Å². The molecule has 2 amide bonds. The van der Waals surface area contributed by atoms with Gasteiger partial charge in [-0.05, 0) is 42.5 Å². The largest absolute Gasteiger partial charge is 0.273 e. The van der Waals surface area contributed by atoms with E-state index in [0.29, 0.717) is 5.69 Å². The van der Waals surface area contributed by atoms with E-state index < -0.39 is 40.6 Å². The number of hydroxylamine groups is 1. The van der Waals surface area contributed by atoms with Crippen LogP contribution in [0.1, 0.15) is 11.6 Å². The van der Waals surface area contributed by atoms with Crippen molar-refractivity contribution in [3.8, 4) is 0 Å². The summed E-state index contributed by atoms with van der Waals surface area (Å²) in [7, 11) is 0. The van der Waals surface area contributed by atoms with Crippen LogP contribution in [0.5, 0.6) is 0 Å². The number of carbonyl (C=O) groups is 2. The maximum atomic E-state index is 13.5. The third kappa shape index (κ3) is 3.42. The van der Waals surface area contributed by atoms with E-state index in [-0.39, 0.29) is 22.0 Å². The summed E-state index contributed by atoms with van der Waals surface area (Å²) in [6.07, 6.45) is -1.18. The number of nitro benzene ring substituents is 1. The number of nitrogens with zero attached hydrogens (tertiary/aromatic N) is 3. The van der Waals surface area contributed by atoms with Gasteiger partial charge < -0.3 is 0 Å². The highest BCUT2D eigenvalue weighted by molar-refractivity contribution is 6.31. The molecule has 2 aliphatic rings. The van der Waals surface area contributed by atoms with Crippen molar-refractivity contribution in [2.24, 2.45) is 5.92 Å². The van der Waals surface area contributed by atoms with Crippen molar-refractivity contribution in [3.63, 3.8) is 0 Å². The van der Waals surface area contributed by atoms with Gasteiger partial charge in [-0.2, -0.15) is 0 Å². The summed E-state index contributed by atoms with van der Waals surface area (Å²) < 4.78 is 13.4. The second-order valence-corrected chi connectivity index (χ2v) is 8.02. The first-order chi connectivity index (χ1) is 15.9. The second-order valence-electron chi connectivity index (χ2n) is 7.61. The van der Waals surface area contributed by atoms with E-state index in [9.17, 15) is 24.1 Å². The van der Waals surface area contributed by atoms with Gasteiger partial charge in [0.15, 0.2) is 6.10 Å². The fourth-order valence-corrected chi connectivity index (χ4v) is 4.47. The topological polar surface area (TPSA) is 93.0 Å². The zero-order chi connectivity index (χ0) is 23.3. The molecule has 5 rings (SSSR count). The number of halogens is 2. The number of amides is 2. The molecule has 3 aromatic carbocycles. The summed E-state index contributed by atoms with van der Waals surface area (Å²) in [5.74, 6) is -2.71. The number of fused-ring (bicyclic) bond motifs is 1. The Kier molecular flexibility index (Phi) is 5.07. The number of rotatable bonds is 4. The van der Waals surface area contributed by atoms with Gasteiger partial charge in [-0.3, -0.25) is 24.5 Å². The zero-order valence-electron chi connectivity index (χ0n) is 16.8. The predicted molar refractivity (Wildman–Crippen MR) is 117 cm³/mol. The molecule has 33 heavy (non-hydrogen) atoms. The highest BCUT2D eigenvalue weighted by atomic mass is 35.5. The Bertz CT molecular complexity index is 1270. The average molecular weight is 468 g/mol. The number of nitro groups is 1. The fourth-order valence-electron chi connectivity index (χ4n) is 4.25. The lowest BCUT2D eigenvalue weighted by Crippen LogP contribution is -2.37. The Labute approximate surface area is 191 Å². The molecular formula is C23H15ClFN3O5. The lowest BCUT2D eigenvalue weighted by molar-refractivity contribution is -0.384. The Hall–Kier alpha value is -3.82. The molecule has 3 atom stereocenters. The van der Waals surface area contributed by atoms with Crippen molar-refractivity contribution >= 4 is 40.5 Å². The summed E-state index contributed by atoms with van der Waals surface area (Å²) in [6, 6.07) is 16.7. The second kappa shape index (κ2) is 7.95. The number of hydrogen-bond donors (Lipinski definition) is 0. The summed E-state index contributed by atoms with van der Waals surface area (Å²) in [6.45, 7) is 0. The molecule has 0 radical (unpaired) electrons. The first-order valence-electron chi connectivity index (χ1n) is 9.95. The highest BCUT2D eigenvalue weighted by Gasteiger charge is 2.60. The molecule has 2 fully saturated rings. The van der Waals surface area contributed by atoms with Crippen LogP contribution in [0.3, 0.4) is 0 Å². The van der Waals surface area contributed by atoms with Crippen LogP contribution in [-0.4, -0.2) is 22.8 Å². The van der Waals surface area contributed by atoms with Crippen molar-refractivity contribution in [1.82, 2.24) is 0 Å². The van der Waals surface area contributed by atoms with Crippen molar-refractivity contribution in [2.75, 3.05) is 9.96 Å². The smallest absolute Gasteiger partial charge is 0.269 e. The van der Waals surface area contributed by atoms with E-state index in [2.05, 4.69) is 0 Å². The molecule has 0 N–H and O–H groups in total. The number of benzene rings is 3. The normalized spacial score (nSPS) is 22.1. The molecule has 0 aliphatic carbocycles. The summed E-state index contributed by atoms with van der Waals surface area (Å²) >= 11 is 6.42. The van der Waals surface area contributed by atoms with E-state index in [1.807, 2.05) is 0 Å². The molecule has 3 aromatic rings. The lowest BCUT2D eigenvalue weighted by atomic mass is 9.90. The monoisotopic (exact) mass is 467 g/mol. The third-order valence-electron chi connectivity index (χ3n) is 5.72. The van der Waals surface area contributed by atoms with Crippen LogP contribution in [0, 0.1) is 21.8 Å². The van der Waals surface area contributed by atoms with Gasteiger partial charge in [-0.1, -0.05) is 29.8 Å². The molecule has 0 saturated carbocycles.